The molecule has 0 aliphatic heterocycles. The maximum atomic E-state index is 10.8. The van der Waals surface area contributed by atoms with Crippen molar-refractivity contribution in [2.24, 2.45) is 0 Å². The Labute approximate surface area is 105 Å². The number of carboxylic acid groups (broad SMARTS) is 1. The van der Waals surface area contributed by atoms with Crippen LogP contribution >= 0.6 is 15.9 Å². The fourth-order valence-electron chi connectivity index (χ4n) is 1.39. The van der Waals surface area contributed by atoms with E-state index in [1.54, 1.807) is 18.2 Å². The van der Waals surface area contributed by atoms with Gasteiger partial charge in [0.1, 0.15) is 0 Å². The highest BCUT2D eigenvalue weighted by molar-refractivity contribution is 9.10. The SMILES string of the molecule is O=Cc1cn(-c2cccc(Br)c2)nc1C(=O)O. The van der Waals surface area contributed by atoms with Crippen molar-refractivity contribution in [2.45, 2.75) is 0 Å². The van der Waals surface area contributed by atoms with E-state index in [9.17, 15) is 9.59 Å². The lowest BCUT2D eigenvalue weighted by atomic mass is 10.3. The largest absolute Gasteiger partial charge is 0.476 e. The summed E-state index contributed by atoms with van der Waals surface area (Å²) in [6, 6.07) is 7.17. The first kappa shape index (κ1) is 11.5. The van der Waals surface area contributed by atoms with Crippen molar-refractivity contribution in [1.82, 2.24) is 9.78 Å². The van der Waals surface area contributed by atoms with Gasteiger partial charge in [0, 0.05) is 10.7 Å². The molecule has 0 amide bonds. The number of aromatic carboxylic acids is 1. The quantitative estimate of drug-likeness (QED) is 0.881. The zero-order valence-electron chi connectivity index (χ0n) is 8.50. The number of carbonyl (C=O) groups is 2. The zero-order valence-corrected chi connectivity index (χ0v) is 10.1. The van der Waals surface area contributed by atoms with Crippen LogP contribution in [0.5, 0.6) is 0 Å². The smallest absolute Gasteiger partial charge is 0.357 e. The number of carbonyl (C=O) groups excluding carboxylic acids is 1. The van der Waals surface area contributed by atoms with E-state index in [0.29, 0.717) is 12.0 Å². The van der Waals surface area contributed by atoms with Crippen LogP contribution in [0.4, 0.5) is 0 Å². The van der Waals surface area contributed by atoms with Crippen LogP contribution < -0.4 is 0 Å². The summed E-state index contributed by atoms with van der Waals surface area (Å²) in [5, 5.41) is 12.7. The third-order valence-electron chi connectivity index (χ3n) is 2.14. The average Bonchev–Trinajstić information content (AvgIpc) is 2.73. The van der Waals surface area contributed by atoms with E-state index in [0.717, 1.165) is 4.47 Å². The second-order valence-corrected chi connectivity index (χ2v) is 4.20. The Morgan fingerprint density at radius 3 is 2.76 bits per heavy atom. The lowest BCUT2D eigenvalue weighted by Gasteiger charge is -2.00. The first-order valence-corrected chi connectivity index (χ1v) is 5.45. The van der Waals surface area contributed by atoms with E-state index in [4.69, 9.17) is 5.11 Å². The highest BCUT2D eigenvalue weighted by atomic mass is 79.9. The Hall–Kier alpha value is -1.95. The minimum absolute atomic E-state index is 0.0532. The van der Waals surface area contributed by atoms with E-state index in [2.05, 4.69) is 21.0 Å². The van der Waals surface area contributed by atoms with Crippen LogP contribution in [-0.4, -0.2) is 27.1 Å². The number of carboxylic acids is 1. The van der Waals surface area contributed by atoms with Crippen LogP contribution in [-0.2, 0) is 0 Å². The molecule has 1 aromatic carbocycles. The van der Waals surface area contributed by atoms with Crippen LogP contribution in [0.2, 0.25) is 0 Å². The summed E-state index contributed by atoms with van der Waals surface area (Å²) in [4.78, 5) is 21.6. The predicted octanol–water partition coefficient (Wildman–Crippen LogP) is 2.15. The van der Waals surface area contributed by atoms with Gasteiger partial charge in [-0.3, -0.25) is 4.79 Å². The van der Waals surface area contributed by atoms with Gasteiger partial charge in [-0.25, -0.2) is 9.48 Å². The molecule has 2 aromatic rings. The zero-order chi connectivity index (χ0) is 12.4. The molecule has 0 aliphatic rings. The van der Waals surface area contributed by atoms with E-state index in [1.807, 2.05) is 6.07 Å². The van der Waals surface area contributed by atoms with Crippen molar-refractivity contribution in [3.8, 4) is 5.69 Å². The second-order valence-electron chi connectivity index (χ2n) is 3.28. The Morgan fingerprint density at radius 1 is 1.47 bits per heavy atom. The molecule has 2 rings (SSSR count). The molecule has 1 heterocycles. The molecule has 1 N–H and O–H groups in total. The molecule has 0 saturated carbocycles. The normalized spacial score (nSPS) is 10.2. The third-order valence-corrected chi connectivity index (χ3v) is 2.64. The molecule has 6 heteroatoms. The molecule has 5 nitrogen and oxygen atoms in total. The molecule has 0 saturated heterocycles. The van der Waals surface area contributed by atoms with Gasteiger partial charge in [-0.2, -0.15) is 5.10 Å². The van der Waals surface area contributed by atoms with Crippen LogP contribution in [0.25, 0.3) is 5.69 Å². The number of aromatic nitrogens is 2. The number of nitrogens with zero attached hydrogens (tertiary/aromatic N) is 2. The molecular weight excluding hydrogens is 288 g/mol. The van der Waals surface area contributed by atoms with Crippen molar-refractivity contribution in [3.63, 3.8) is 0 Å². The molecule has 1 aromatic heterocycles. The van der Waals surface area contributed by atoms with Gasteiger partial charge in [-0.15, -0.1) is 0 Å². The van der Waals surface area contributed by atoms with Crippen LogP contribution in [0, 0.1) is 0 Å². The molecule has 0 unspecified atom stereocenters. The van der Waals surface area contributed by atoms with Gasteiger partial charge in [-0.1, -0.05) is 22.0 Å². The molecule has 0 fully saturated rings. The molecule has 0 atom stereocenters. The van der Waals surface area contributed by atoms with Crippen LogP contribution in [0.3, 0.4) is 0 Å². The number of benzene rings is 1. The number of rotatable bonds is 3. The van der Waals surface area contributed by atoms with E-state index in [-0.39, 0.29) is 11.3 Å². The first-order chi connectivity index (χ1) is 8.11. The van der Waals surface area contributed by atoms with Gasteiger partial charge in [0.2, 0.25) is 0 Å². The number of halogens is 1. The summed E-state index contributed by atoms with van der Waals surface area (Å²) in [6.45, 7) is 0. The Kier molecular flexibility index (Phi) is 3.06. The number of hydrogen-bond acceptors (Lipinski definition) is 3. The lowest BCUT2D eigenvalue weighted by Crippen LogP contribution is -2.02. The summed E-state index contributed by atoms with van der Waals surface area (Å²) in [7, 11) is 0. The van der Waals surface area contributed by atoms with Crippen molar-refractivity contribution >= 4 is 28.2 Å². The third kappa shape index (κ3) is 2.26. The maximum Gasteiger partial charge on any atom is 0.357 e. The van der Waals surface area contributed by atoms with Gasteiger partial charge in [0.15, 0.2) is 12.0 Å². The van der Waals surface area contributed by atoms with E-state index >= 15 is 0 Å². The molecule has 0 radical (unpaired) electrons. The van der Waals surface area contributed by atoms with Gasteiger partial charge in [-0.05, 0) is 18.2 Å². The Bertz CT molecular complexity index is 592. The summed E-state index contributed by atoms with van der Waals surface area (Å²) in [5.41, 5.74) is 0.479. The van der Waals surface area contributed by atoms with Crippen molar-refractivity contribution in [3.05, 3.63) is 46.2 Å². The van der Waals surface area contributed by atoms with Gasteiger partial charge in [0.05, 0.1) is 11.3 Å². The number of aldehydes is 1. The highest BCUT2D eigenvalue weighted by Crippen LogP contribution is 2.16. The summed E-state index contributed by atoms with van der Waals surface area (Å²) in [5.74, 6) is -1.22. The predicted molar refractivity (Wildman–Crippen MR) is 63.6 cm³/mol. The van der Waals surface area contributed by atoms with Crippen molar-refractivity contribution in [1.29, 1.82) is 0 Å². The molecule has 17 heavy (non-hydrogen) atoms. The fourth-order valence-corrected chi connectivity index (χ4v) is 1.78. The molecule has 0 spiro atoms. The topological polar surface area (TPSA) is 72.2 Å². The standard InChI is InChI=1S/C11H7BrN2O3/c12-8-2-1-3-9(4-8)14-5-7(6-15)10(13-14)11(16)17/h1-6H,(H,16,17). The number of hydrogen-bond donors (Lipinski definition) is 1. The minimum Gasteiger partial charge on any atom is -0.476 e. The fraction of sp³-hybridized carbons (Fsp3) is 0. The Morgan fingerprint density at radius 2 is 2.24 bits per heavy atom. The maximum absolute atomic E-state index is 10.8. The summed E-state index contributed by atoms with van der Waals surface area (Å²) < 4.78 is 2.20. The van der Waals surface area contributed by atoms with Gasteiger partial charge < -0.3 is 5.11 Å². The summed E-state index contributed by atoms with van der Waals surface area (Å²) in [6.07, 6.45) is 1.86. The molecule has 0 bridgehead atoms. The Balaban J connectivity index is 2.54. The average molecular weight is 295 g/mol. The van der Waals surface area contributed by atoms with Gasteiger partial charge >= 0.3 is 5.97 Å². The van der Waals surface area contributed by atoms with Gasteiger partial charge in [0.25, 0.3) is 0 Å². The van der Waals surface area contributed by atoms with Crippen LogP contribution in [0.1, 0.15) is 20.8 Å². The lowest BCUT2D eigenvalue weighted by molar-refractivity contribution is 0.0687. The summed E-state index contributed by atoms with van der Waals surface area (Å²) >= 11 is 3.30. The second kappa shape index (κ2) is 4.50. The minimum atomic E-state index is -1.22. The van der Waals surface area contributed by atoms with Crippen LogP contribution in [0.15, 0.2) is 34.9 Å². The first-order valence-electron chi connectivity index (χ1n) is 4.66. The van der Waals surface area contributed by atoms with E-state index < -0.39 is 5.97 Å². The molecule has 86 valence electrons. The monoisotopic (exact) mass is 294 g/mol. The van der Waals surface area contributed by atoms with Crippen molar-refractivity contribution < 1.29 is 14.7 Å². The molecule has 0 aliphatic carbocycles. The molecular formula is C11H7BrN2O3. The van der Waals surface area contributed by atoms with Crippen molar-refractivity contribution in [2.75, 3.05) is 0 Å². The van der Waals surface area contributed by atoms with E-state index in [1.165, 1.54) is 10.9 Å². The highest BCUT2D eigenvalue weighted by Gasteiger charge is 2.15.